The number of aromatic nitrogens is 2. The average Bonchev–Trinajstić information content (AvgIpc) is 3.64. The Morgan fingerprint density at radius 3 is 2.58 bits per heavy atom. The number of carbonyl (C=O) groups is 2. The van der Waals surface area contributed by atoms with Gasteiger partial charge in [0.15, 0.2) is 5.13 Å². The van der Waals surface area contributed by atoms with Crippen molar-refractivity contribution in [3.05, 3.63) is 82.8 Å². The number of ether oxygens (including phenoxy) is 1. The van der Waals surface area contributed by atoms with E-state index in [1.807, 2.05) is 60.0 Å². The maximum absolute atomic E-state index is 13.8. The number of anilines is 1. The van der Waals surface area contributed by atoms with Crippen molar-refractivity contribution >= 4 is 39.9 Å². The molecular formula is C29H26ClN3O4S. The molecule has 9 heteroatoms. The van der Waals surface area contributed by atoms with Crippen LogP contribution in [0.5, 0.6) is 5.88 Å². The Morgan fingerprint density at radius 1 is 1.13 bits per heavy atom. The lowest BCUT2D eigenvalue weighted by Gasteiger charge is -2.25. The van der Waals surface area contributed by atoms with E-state index in [0.29, 0.717) is 28.1 Å². The van der Waals surface area contributed by atoms with E-state index in [9.17, 15) is 14.7 Å². The van der Waals surface area contributed by atoms with Gasteiger partial charge in [-0.05, 0) is 48.6 Å². The van der Waals surface area contributed by atoms with Crippen molar-refractivity contribution in [2.24, 2.45) is 5.92 Å². The molecule has 1 aliphatic rings. The van der Waals surface area contributed by atoms with Crippen LogP contribution in [0.15, 0.2) is 72.2 Å². The van der Waals surface area contributed by atoms with Crippen molar-refractivity contribution in [2.75, 3.05) is 12.0 Å². The van der Waals surface area contributed by atoms with E-state index in [0.717, 1.165) is 35.1 Å². The third kappa shape index (κ3) is 5.87. The fourth-order valence-corrected chi connectivity index (χ4v) is 5.53. The third-order valence-electron chi connectivity index (χ3n) is 6.46. The number of rotatable bonds is 10. The number of amides is 1. The Balaban J connectivity index is 1.47. The van der Waals surface area contributed by atoms with Gasteiger partial charge in [-0.25, -0.2) is 9.97 Å². The number of hydrogen-bond acceptors (Lipinski definition) is 6. The largest absolute Gasteiger partial charge is 0.481 e. The number of pyridine rings is 1. The van der Waals surface area contributed by atoms with Crippen molar-refractivity contribution in [1.29, 1.82) is 0 Å². The molecule has 2 heterocycles. The standard InChI is InChI=1S/C29H26ClN3O4S/c1-37-26-12-7-19(16-31-26)23-11-8-21(30)15-24(23)25-17-38-29(32-25)33(22-9-10-22)28(36)20(14-27(34)35)13-18-5-3-2-4-6-18/h2-8,11-12,15-17,20,22H,9-10,13-14H2,1H3,(H,34,35). The van der Waals surface area contributed by atoms with Crippen LogP contribution >= 0.6 is 22.9 Å². The Kier molecular flexibility index (Phi) is 7.72. The van der Waals surface area contributed by atoms with Crippen molar-refractivity contribution in [1.82, 2.24) is 9.97 Å². The minimum atomic E-state index is -0.994. The molecule has 1 unspecified atom stereocenters. The Morgan fingerprint density at radius 2 is 1.92 bits per heavy atom. The van der Waals surface area contributed by atoms with E-state index in [1.54, 1.807) is 24.3 Å². The van der Waals surface area contributed by atoms with Crippen LogP contribution in [0.3, 0.4) is 0 Å². The summed E-state index contributed by atoms with van der Waals surface area (Å²) in [5.74, 6) is -1.36. The lowest BCUT2D eigenvalue weighted by Crippen LogP contribution is -2.39. The molecule has 0 radical (unpaired) electrons. The molecule has 1 fully saturated rings. The molecule has 194 valence electrons. The molecular weight excluding hydrogens is 522 g/mol. The van der Waals surface area contributed by atoms with Gasteiger partial charge in [0.2, 0.25) is 11.8 Å². The number of aliphatic carboxylic acids is 1. The summed E-state index contributed by atoms with van der Waals surface area (Å²) >= 11 is 7.74. The zero-order chi connectivity index (χ0) is 26.6. The van der Waals surface area contributed by atoms with Gasteiger partial charge < -0.3 is 9.84 Å². The lowest BCUT2D eigenvalue weighted by atomic mass is 9.94. The number of hydrogen-bond donors (Lipinski definition) is 1. The van der Waals surface area contributed by atoms with Crippen LogP contribution in [0, 0.1) is 5.92 Å². The summed E-state index contributed by atoms with van der Waals surface area (Å²) in [4.78, 5) is 36.4. The van der Waals surface area contributed by atoms with Crippen LogP contribution in [-0.2, 0) is 16.0 Å². The van der Waals surface area contributed by atoms with Crippen molar-refractivity contribution < 1.29 is 19.4 Å². The van der Waals surface area contributed by atoms with Crippen LogP contribution in [-0.4, -0.2) is 40.1 Å². The number of benzene rings is 2. The summed E-state index contributed by atoms with van der Waals surface area (Å²) in [6.45, 7) is 0. The van der Waals surface area contributed by atoms with E-state index in [-0.39, 0.29) is 18.4 Å². The number of halogens is 1. The minimum Gasteiger partial charge on any atom is -0.481 e. The molecule has 1 aliphatic carbocycles. The molecule has 4 aromatic rings. The number of carboxylic acid groups (broad SMARTS) is 1. The average molecular weight is 548 g/mol. The molecule has 0 spiro atoms. The second-order valence-electron chi connectivity index (χ2n) is 9.22. The molecule has 7 nitrogen and oxygen atoms in total. The zero-order valence-electron chi connectivity index (χ0n) is 20.7. The predicted octanol–water partition coefficient (Wildman–Crippen LogP) is 6.36. The van der Waals surface area contributed by atoms with Gasteiger partial charge in [-0.15, -0.1) is 11.3 Å². The summed E-state index contributed by atoms with van der Waals surface area (Å²) in [5.41, 5.74) is 4.22. The highest BCUT2D eigenvalue weighted by Gasteiger charge is 2.39. The number of thiazole rings is 1. The van der Waals surface area contributed by atoms with Crippen LogP contribution < -0.4 is 9.64 Å². The molecule has 1 N–H and O–H groups in total. The topological polar surface area (TPSA) is 92.6 Å². The monoisotopic (exact) mass is 547 g/mol. The smallest absolute Gasteiger partial charge is 0.304 e. The first kappa shape index (κ1) is 25.9. The van der Waals surface area contributed by atoms with Gasteiger partial charge in [-0.2, -0.15) is 0 Å². The first-order chi connectivity index (χ1) is 18.4. The van der Waals surface area contributed by atoms with Gasteiger partial charge in [0, 0.05) is 39.8 Å². The Labute approximate surface area is 229 Å². The first-order valence-corrected chi connectivity index (χ1v) is 13.5. The third-order valence-corrected chi connectivity index (χ3v) is 7.53. The number of carboxylic acids is 1. The highest BCUT2D eigenvalue weighted by molar-refractivity contribution is 7.14. The van der Waals surface area contributed by atoms with Crippen molar-refractivity contribution in [2.45, 2.75) is 31.7 Å². The molecule has 1 atom stereocenters. The number of nitrogens with zero attached hydrogens (tertiary/aromatic N) is 3. The van der Waals surface area contributed by atoms with Crippen molar-refractivity contribution in [3.63, 3.8) is 0 Å². The molecule has 1 saturated carbocycles. The molecule has 0 bridgehead atoms. The highest BCUT2D eigenvalue weighted by atomic mass is 35.5. The first-order valence-electron chi connectivity index (χ1n) is 12.3. The Bertz CT molecular complexity index is 1440. The lowest BCUT2D eigenvalue weighted by molar-refractivity contribution is -0.140. The number of carbonyl (C=O) groups excluding carboxylic acids is 1. The predicted molar refractivity (Wildman–Crippen MR) is 149 cm³/mol. The fourth-order valence-electron chi connectivity index (χ4n) is 4.46. The maximum Gasteiger partial charge on any atom is 0.304 e. The molecule has 2 aromatic carbocycles. The van der Waals surface area contributed by atoms with Crippen LogP contribution in [0.1, 0.15) is 24.8 Å². The van der Waals surface area contributed by atoms with Gasteiger partial charge in [-0.3, -0.25) is 14.5 Å². The normalized spacial score (nSPS) is 13.6. The van der Waals surface area contributed by atoms with Gasteiger partial charge in [0.05, 0.1) is 25.1 Å². The van der Waals surface area contributed by atoms with Crippen molar-refractivity contribution in [3.8, 4) is 28.3 Å². The summed E-state index contributed by atoms with van der Waals surface area (Å²) < 4.78 is 5.18. The quantitative estimate of drug-likeness (QED) is 0.248. The molecule has 5 rings (SSSR count). The molecule has 38 heavy (non-hydrogen) atoms. The minimum absolute atomic E-state index is 0.0261. The van der Waals surface area contributed by atoms with E-state index in [2.05, 4.69) is 4.98 Å². The fraction of sp³-hybridized carbons (Fsp3) is 0.241. The zero-order valence-corrected chi connectivity index (χ0v) is 22.3. The van der Waals surface area contributed by atoms with Crippen LogP contribution in [0.2, 0.25) is 5.02 Å². The van der Waals surface area contributed by atoms with Crippen LogP contribution in [0.4, 0.5) is 5.13 Å². The van der Waals surface area contributed by atoms with E-state index in [1.165, 1.54) is 11.3 Å². The summed E-state index contributed by atoms with van der Waals surface area (Å²) in [7, 11) is 1.57. The van der Waals surface area contributed by atoms with Gasteiger partial charge in [0.1, 0.15) is 0 Å². The van der Waals surface area contributed by atoms with Gasteiger partial charge in [0.25, 0.3) is 0 Å². The van der Waals surface area contributed by atoms with E-state index in [4.69, 9.17) is 21.3 Å². The number of methoxy groups -OCH3 is 1. The van der Waals surface area contributed by atoms with E-state index >= 15 is 0 Å². The maximum atomic E-state index is 13.8. The second kappa shape index (κ2) is 11.3. The second-order valence-corrected chi connectivity index (χ2v) is 10.5. The molecule has 0 saturated heterocycles. The summed E-state index contributed by atoms with van der Waals surface area (Å²) in [5, 5.41) is 12.6. The molecule has 2 aromatic heterocycles. The SMILES string of the molecule is COc1ccc(-c2ccc(Cl)cc2-c2csc(N(C(=O)C(CC(=O)O)Cc3ccccc3)C3CC3)n2)cn1. The summed E-state index contributed by atoms with van der Waals surface area (Å²) in [6.07, 6.45) is 3.59. The van der Waals surface area contributed by atoms with Crippen LogP contribution in [0.25, 0.3) is 22.4 Å². The van der Waals surface area contributed by atoms with E-state index < -0.39 is 11.9 Å². The molecule has 1 amide bonds. The highest BCUT2D eigenvalue weighted by Crippen LogP contribution is 2.40. The van der Waals surface area contributed by atoms with Gasteiger partial charge in [-0.1, -0.05) is 48.0 Å². The summed E-state index contributed by atoms with van der Waals surface area (Å²) in [6, 6.07) is 18.9. The molecule has 0 aliphatic heterocycles. The Hall–Kier alpha value is -3.75. The van der Waals surface area contributed by atoms with Gasteiger partial charge >= 0.3 is 5.97 Å².